The number of benzene rings is 1. The van der Waals surface area contributed by atoms with Gasteiger partial charge < -0.3 is 10.3 Å². The molecule has 9 heteroatoms. The van der Waals surface area contributed by atoms with Gasteiger partial charge in [-0.3, -0.25) is 9.48 Å². The molecule has 2 unspecified atom stereocenters. The number of aromatic nitrogens is 5. The van der Waals surface area contributed by atoms with Crippen molar-refractivity contribution >= 4 is 46.3 Å². The van der Waals surface area contributed by atoms with Crippen molar-refractivity contribution in [2.24, 2.45) is 7.05 Å². The lowest BCUT2D eigenvalue weighted by atomic mass is 9.96. The number of halogens is 2. The molecular formula is C22H20Cl2N6O. The van der Waals surface area contributed by atoms with Gasteiger partial charge in [0.05, 0.1) is 10.4 Å². The van der Waals surface area contributed by atoms with Gasteiger partial charge in [0.15, 0.2) is 0 Å². The van der Waals surface area contributed by atoms with E-state index in [0.717, 1.165) is 31.1 Å². The molecule has 4 aromatic rings. The Labute approximate surface area is 188 Å². The number of fused-ring (bicyclic) bond motifs is 1. The third-order valence-electron chi connectivity index (χ3n) is 6.03. The van der Waals surface area contributed by atoms with Gasteiger partial charge in [0.1, 0.15) is 23.4 Å². The lowest BCUT2D eigenvalue weighted by Gasteiger charge is -2.15. The van der Waals surface area contributed by atoms with Gasteiger partial charge in [-0.05, 0) is 48.4 Å². The highest BCUT2D eigenvalue weighted by Crippen LogP contribution is 2.45. The summed E-state index contributed by atoms with van der Waals surface area (Å²) in [6.07, 6.45) is 7.55. The second-order valence-corrected chi connectivity index (χ2v) is 8.72. The summed E-state index contributed by atoms with van der Waals surface area (Å²) in [5, 5.41) is 5.86. The number of hydrogen-bond donors (Lipinski definition) is 1. The first-order valence-corrected chi connectivity index (χ1v) is 10.8. The van der Waals surface area contributed by atoms with Crippen LogP contribution in [0, 0.1) is 0 Å². The van der Waals surface area contributed by atoms with E-state index < -0.39 is 0 Å². The van der Waals surface area contributed by atoms with Crippen LogP contribution in [0.4, 0.5) is 5.82 Å². The number of rotatable bonds is 4. The summed E-state index contributed by atoms with van der Waals surface area (Å²) in [5.41, 5.74) is 10.3. The zero-order valence-corrected chi connectivity index (χ0v) is 18.3. The summed E-state index contributed by atoms with van der Waals surface area (Å²) in [6.45, 7) is 0. The van der Waals surface area contributed by atoms with Crippen molar-refractivity contribution in [3.05, 3.63) is 58.1 Å². The van der Waals surface area contributed by atoms with E-state index in [4.69, 9.17) is 28.9 Å². The molecule has 0 aliphatic heterocycles. The van der Waals surface area contributed by atoms with Gasteiger partial charge in [0, 0.05) is 36.6 Å². The minimum absolute atomic E-state index is 0.108. The fourth-order valence-electron chi connectivity index (χ4n) is 4.65. The smallest absolute Gasteiger partial charge is 0.226 e. The molecule has 158 valence electrons. The van der Waals surface area contributed by atoms with Crippen molar-refractivity contribution in [2.45, 2.75) is 31.2 Å². The van der Waals surface area contributed by atoms with Gasteiger partial charge in [-0.15, -0.1) is 0 Å². The lowest BCUT2D eigenvalue weighted by Crippen LogP contribution is -2.06. The van der Waals surface area contributed by atoms with E-state index in [1.54, 1.807) is 10.9 Å². The minimum Gasteiger partial charge on any atom is -0.383 e. The van der Waals surface area contributed by atoms with Crippen LogP contribution in [0.2, 0.25) is 10.3 Å². The van der Waals surface area contributed by atoms with Crippen LogP contribution in [-0.4, -0.2) is 30.6 Å². The lowest BCUT2D eigenvalue weighted by molar-refractivity contribution is 0.112. The second kappa shape index (κ2) is 7.66. The summed E-state index contributed by atoms with van der Waals surface area (Å²) in [5.74, 6) is 0.664. The van der Waals surface area contributed by atoms with Gasteiger partial charge in [-0.25, -0.2) is 4.98 Å². The Morgan fingerprint density at radius 1 is 1.19 bits per heavy atom. The molecule has 1 aliphatic carbocycles. The number of nitrogen functional groups attached to an aromatic ring is 1. The zero-order chi connectivity index (χ0) is 21.7. The van der Waals surface area contributed by atoms with Crippen LogP contribution in [0.3, 0.4) is 0 Å². The second-order valence-electron chi connectivity index (χ2n) is 7.98. The zero-order valence-electron chi connectivity index (χ0n) is 16.8. The predicted octanol–water partition coefficient (Wildman–Crippen LogP) is 5.04. The van der Waals surface area contributed by atoms with E-state index in [1.807, 2.05) is 31.4 Å². The van der Waals surface area contributed by atoms with Crippen molar-refractivity contribution in [1.82, 2.24) is 24.3 Å². The average molecular weight is 455 g/mol. The Morgan fingerprint density at radius 3 is 2.77 bits per heavy atom. The number of anilines is 1. The number of nitrogens with zero attached hydrogens (tertiary/aromatic N) is 5. The quantitative estimate of drug-likeness (QED) is 0.344. The van der Waals surface area contributed by atoms with Crippen LogP contribution in [0.5, 0.6) is 0 Å². The highest BCUT2D eigenvalue weighted by atomic mass is 35.5. The van der Waals surface area contributed by atoms with E-state index in [-0.39, 0.29) is 11.3 Å². The van der Waals surface area contributed by atoms with Gasteiger partial charge in [-0.1, -0.05) is 29.8 Å². The molecule has 31 heavy (non-hydrogen) atoms. The summed E-state index contributed by atoms with van der Waals surface area (Å²) >= 11 is 12.6. The molecule has 3 heterocycles. The van der Waals surface area contributed by atoms with E-state index in [0.29, 0.717) is 39.0 Å². The standard InChI is InChI=1S/C22H20Cl2N6O/c1-29-10-17(23)19(28-29)16-9-30(21-18(16)20(25)26-22(24)27-21)15-6-5-14(8-15)13-4-2-3-12(7-13)11-31/h2-4,7,9-11,14-15H,5-6,8H2,1H3,(H2,25,26,27). The van der Waals surface area contributed by atoms with Crippen molar-refractivity contribution in [1.29, 1.82) is 0 Å². The minimum atomic E-state index is 0.108. The molecule has 5 rings (SSSR count). The fraction of sp³-hybridized carbons (Fsp3) is 0.273. The molecule has 0 spiro atoms. The Kier molecular flexibility index (Phi) is 4.95. The Bertz CT molecular complexity index is 1310. The van der Waals surface area contributed by atoms with Crippen molar-refractivity contribution in [3.63, 3.8) is 0 Å². The summed E-state index contributed by atoms with van der Waals surface area (Å²) in [4.78, 5) is 19.8. The summed E-state index contributed by atoms with van der Waals surface area (Å²) in [6, 6.07) is 8.03. The Balaban J connectivity index is 1.59. The van der Waals surface area contributed by atoms with Crippen molar-refractivity contribution in [2.75, 3.05) is 5.73 Å². The number of hydrogen-bond acceptors (Lipinski definition) is 5. The first-order valence-electron chi connectivity index (χ1n) is 10.0. The van der Waals surface area contributed by atoms with Crippen LogP contribution in [0.15, 0.2) is 36.7 Å². The maximum atomic E-state index is 11.2. The largest absolute Gasteiger partial charge is 0.383 e. The maximum absolute atomic E-state index is 11.2. The number of carbonyl (C=O) groups is 1. The molecule has 2 atom stereocenters. The molecule has 1 aromatic carbocycles. The number of aryl methyl sites for hydroxylation is 1. The van der Waals surface area contributed by atoms with Crippen LogP contribution in [-0.2, 0) is 7.05 Å². The highest BCUT2D eigenvalue weighted by Gasteiger charge is 2.30. The molecule has 0 bridgehead atoms. The number of nitrogens with two attached hydrogens (primary N) is 1. The highest BCUT2D eigenvalue weighted by molar-refractivity contribution is 6.33. The van der Waals surface area contributed by atoms with Gasteiger partial charge >= 0.3 is 0 Å². The topological polar surface area (TPSA) is 91.6 Å². The normalized spacial score (nSPS) is 18.7. The molecule has 0 amide bonds. The van der Waals surface area contributed by atoms with Crippen molar-refractivity contribution < 1.29 is 4.79 Å². The third kappa shape index (κ3) is 3.47. The predicted molar refractivity (Wildman–Crippen MR) is 122 cm³/mol. The first kappa shape index (κ1) is 20.0. The average Bonchev–Trinajstić information content (AvgIpc) is 3.44. The Hall–Kier alpha value is -2.90. The molecule has 0 saturated heterocycles. The molecule has 2 N–H and O–H groups in total. The SMILES string of the molecule is Cn1cc(Cl)c(-c2cn(C3CCC(c4cccc(C=O)c4)C3)c3nc(Cl)nc(N)c23)n1. The third-order valence-corrected chi connectivity index (χ3v) is 6.47. The van der Waals surface area contributed by atoms with Crippen LogP contribution in [0.25, 0.3) is 22.3 Å². The molecule has 7 nitrogen and oxygen atoms in total. The van der Waals surface area contributed by atoms with Crippen LogP contribution >= 0.6 is 23.2 Å². The fourth-order valence-corrected chi connectivity index (χ4v) is 5.10. The van der Waals surface area contributed by atoms with Gasteiger partial charge in [0.2, 0.25) is 5.28 Å². The monoisotopic (exact) mass is 454 g/mol. The maximum Gasteiger partial charge on any atom is 0.226 e. The van der Waals surface area contributed by atoms with E-state index in [9.17, 15) is 4.79 Å². The van der Waals surface area contributed by atoms with Crippen LogP contribution < -0.4 is 5.73 Å². The molecule has 1 aliphatic rings. The number of aldehydes is 1. The first-order chi connectivity index (χ1) is 14.9. The summed E-state index contributed by atoms with van der Waals surface area (Å²) in [7, 11) is 1.82. The molecule has 1 saturated carbocycles. The molecule has 3 aromatic heterocycles. The van der Waals surface area contributed by atoms with E-state index in [1.165, 1.54) is 5.56 Å². The van der Waals surface area contributed by atoms with Gasteiger partial charge in [-0.2, -0.15) is 10.1 Å². The molecule has 0 radical (unpaired) electrons. The summed E-state index contributed by atoms with van der Waals surface area (Å²) < 4.78 is 3.79. The molecule has 1 fully saturated rings. The molecular weight excluding hydrogens is 435 g/mol. The van der Waals surface area contributed by atoms with E-state index in [2.05, 4.69) is 25.7 Å². The van der Waals surface area contributed by atoms with Crippen molar-refractivity contribution in [3.8, 4) is 11.3 Å². The Morgan fingerprint density at radius 2 is 2.03 bits per heavy atom. The van der Waals surface area contributed by atoms with Crippen LogP contribution in [0.1, 0.15) is 47.1 Å². The van der Waals surface area contributed by atoms with Gasteiger partial charge in [0.25, 0.3) is 0 Å². The number of carbonyl (C=O) groups excluding carboxylic acids is 1. The van der Waals surface area contributed by atoms with E-state index >= 15 is 0 Å².